The van der Waals surface area contributed by atoms with Gasteiger partial charge in [-0.3, -0.25) is 0 Å². The molecule has 1 aromatic rings. The van der Waals surface area contributed by atoms with Crippen molar-refractivity contribution in [2.45, 2.75) is 116 Å². The van der Waals surface area contributed by atoms with E-state index in [0.29, 0.717) is 0 Å². The first kappa shape index (κ1) is 21.7. The van der Waals surface area contributed by atoms with Crippen molar-refractivity contribution in [3.05, 3.63) is 41.5 Å². The van der Waals surface area contributed by atoms with Crippen LogP contribution in [0.25, 0.3) is 5.57 Å². The van der Waals surface area contributed by atoms with Crippen LogP contribution in [-0.4, -0.2) is 0 Å². The third-order valence-corrected chi connectivity index (χ3v) is 7.66. The summed E-state index contributed by atoms with van der Waals surface area (Å²) in [7, 11) is 0. The summed E-state index contributed by atoms with van der Waals surface area (Å²) in [6.07, 6.45) is 23.7. The maximum atomic E-state index is 2.51. The van der Waals surface area contributed by atoms with Crippen molar-refractivity contribution >= 4 is 5.57 Å². The Morgan fingerprint density at radius 3 is 2.11 bits per heavy atom. The lowest BCUT2D eigenvalue weighted by Crippen LogP contribution is -2.13. The largest absolute Gasteiger partial charge is 0.0804 e. The molecular formula is C28H44. The zero-order chi connectivity index (χ0) is 19.6. The number of rotatable bonds is 10. The molecule has 1 unspecified atom stereocenters. The van der Waals surface area contributed by atoms with Gasteiger partial charge in [-0.25, -0.2) is 0 Å². The average Bonchev–Trinajstić information content (AvgIpc) is 2.77. The smallest absolute Gasteiger partial charge is 0.0162 e. The molecule has 28 heavy (non-hydrogen) atoms. The van der Waals surface area contributed by atoms with Gasteiger partial charge in [-0.05, 0) is 79.4 Å². The van der Waals surface area contributed by atoms with Crippen molar-refractivity contribution in [3.8, 4) is 0 Å². The highest BCUT2D eigenvalue weighted by Gasteiger charge is 2.22. The van der Waals surface area contributed by atoms with Gasteiger partial charge in [0.2, 0.25) is 0 Å². The van der Waals surface area contributed by atoms with Gasteiger partial charge in [-0.15, -0.1) is 0 Å². The lowest BCUT2D eigenvalue weighted by Gasteiger charge is -2.29. The third-order valence-electron chi connectivity index (χ3n) is 7.66. The molecule has 0 nitrogen and oxygen atoms in total. The molecule has 0 aliphatic heterocycles. The second kappa shape index (κ2) is 11.8. The van der Waals surface area contributed by atoms with E-state index in [1.54, 1.807) is 11.1 Å². The molecule has 156 valence electrons. The Bertz CT molecular complexity index is 571. The second-order valence-corrected chi connectivity index (χ2v) is 9.67. The molecule has 0 N–H and O–H groups in total. The van der Waals surface area contributed by atoms with E-state index in [9.17, 15) is 0 Å². The molecule has 1 aromatic carbocycles. The van der Waals surface area contributed by atoms with Crippen LogP contribution in [0.5, 0.6) is 0 Å². The maximum absolute atomic E-state index is 2.51. The first-order valence-corrected chi connectivity index (χ1v) is 12.6. The fraction of sp³-hybridized carbons (Fsp3) is 0.714. The fourth-order valence-corrected chi connectivity index (χ4v) is 5.49. The Labute approximate surface area is 175 Å². The minimum absolute atomic E-state index is 0.819. The van der Waals surface area contributed by atoms with Gasteiger partial charge in [0.15, 0.2) is 0 Å². The van der Waals surface area contributed by atoms with E-state index in [1.165, 1.54) is 102 Å². The van der Waals surface area contributed by atoms with Gasteiger partial charge in [0.05, 0.1) is 0 Å². The van der Waals surface area contributed by atoms with Crippen LogP contribution in [0.15, 0.2) is 30.3 Å². The normalized spacial score (nSPS) is 25.5. The summed E-state index contributed by atoms with van der Waals surface area (Å²) in [6.45, 7) is 4.64. The average molecular weight is 381 g/mol. The summed E-state index contributed by atoms with van der Waals surface area (Å²) in [6, 6.07) is 9.72. The van der Waals surface area contributed by atoms with Crippen LogP contribution in [0.3, 0.4) is 0 Å². The van der Waals surface area contributed by atoms with Gasteiger partial charge in [0.1, 0.15) is 0 Å². The number of benzene rings is 1. The minimum atomic E-state index is 0.819. The van der Waals surface area contributed by atoms with E-state index in [2.05, 4.69) is 44.2 Å². The number of unbranched alkanes of at least 4 members (excludes halogenated alkanes) is 5. The van der Waals surface area contributed by atoms with E-state index < -0.39 is 0 Å². The third kappa shape index (κ3) is 6.50. The van der Waals surface area contributed by atoms with Crippen LogP contribution in [0.2, 0.25) is 0 Å². The molecule has 0 heteroatoms. The number of hydrogen-bond acceptors (Lipinski definition) is 0. The van der Waals surface area contributed by atoms with Crippen LogP contribution in [-0.2, 0) is 0 Å². The predicted molar refractivity (Wildman–Crippen MR) is 125 cm³/mol. The van der Waals surface area contributed by atoms with Crippen molar-refractivity contribution < 1.29 is 0 Å². The standard InChI is InChI=1S/C28H44/c1-3-5-6-7-8-9-10-24-13-17-26(18-14-24)28-21-19-27(20-22-28)25-15-11-23(4-2)12-16-25/h15,19-24,26H,3-14,16-18H2,1-2H3. The van der Waals surface area contributed by atoms with E-state index in [0.717, 1.165) is 17.8 Å². The maximum Gasteiger partial charge on any atom is -0.0162 e. The Morgan fingerprint density at radius 2 is 1.46 bits per heavy atom. The van der Waals surface area contributed by atoms with Crippen LogP contribution >= 0.6 is 0 Å². The Balaban J connectivity index is 1.39. The van der Waals surface area contributed by atoms with Crippen LogP contribution in [0.4, 0.5) is 0 Å². The van der Waals surface area contributed by atoms with Gasteiger partial charge in [-0.2, -0.15) is 0 Å². The molecule has 3 rings (SSSR count). The molecular weight excluding hydrogens is 336 g/mol. The predicted octanol–water partition coefficient (Wildman–Crippen LogP) is 9.30. The minimum Gasteiger partial charge on any atom is -0.0804 e. The zero-order valence-electron chi connectivity index (χ0n) is 18.7. The van der Waals surface area contributed by atoms with E-state index in [-0.39, 0.29) is 0 Å². The highest BCUT2D eigenvalue weighted by Crippen LogP contribution is 2.38. The highest BCUT2D eigenvalue weighted by atomic mass is 14.3. The lowest BCUT2D eigenvalue weighted by atomic mass is 9.76. The van der Waals surface area contributed by atoms with Crippen LogP contribution in [0, 0.1) is 11.8 Å². The molecule has 2 aliphatic carbocycles. The second-order valence-electron chi connectivity index (χ2n) is 9.67. The molecule has 1 saturated carbocycles. The van der Waals surface area contributed by atoms with Gasteiger partial charge in [0, 0.05) is 0 Å². The molecule has 0 amide bonds. The molecule has 0 radical (unpaired) electrons. The summed E-state index contributed by atoms with van der Waals surface area (Å²) in [4.78, 5) is 0. The number of hydrogen-bond donors (Lipinski definition) is 0. The van der Waals surface area contributed by atoms with Crippen molar-refractivity contribution in [3.63, 3.8) is 0 Å². The topological polar surface area (TPSA) is 0 Å². The van der Waals surface area contributed by atoms with Crippen LogP contribution in [0.1, 0.15) is 127 Å². The highest BCUT2D eigenvalue weighted by molar-refractivity contribution is 5.66. The fourth-order valence-electron chi connectivity index (χ4n) is 5.49. The molecule has 0 saturated heterocycles. The summed E-state index contributed by atoms with van der Waals surface area (Å²) < 4.78 is 0. The van der Waals surface area contributed by atoms with Crippen molar-refractivity contribution in [2.24, 2.45) is 11.8 Å². The van der Waals surface area contributed by atoms with E-state index in [4.69, 9.17) is 0 Å². The lowest BCUT2D eigenvalue weighted by molar-refractivity contribution is 0.302. The zero-order valence-corrected chi connectivity index (χ0v) is 18.7. The van der Waals surface area contributed by atoms with Crippen molar-refractivity contribution in [2.75, 3.05) is 0 Å². The molecule has 2 aliphatic rings. The van der Waals surface area contributed by atoms with Gasteiger partial charge >= 0.3 is 0 Å². The van der Waals surface area contributed by atoms with Crippen molar-refractivity contribution in [1.82, 2.24) is 0 Å². The van der Waals surface area contributed by atoms with E-state index in [1.807, 2.05) is 0 Å². The molecule has 0 spiro atoms. The molecule has 0 aromatic heterocycles. The summed E-state index contributed by atoms with van der Waals surface area (Å²) in [5.41, 5.74) is 4.68. The van der Waals surface area contributed by atoms with Crippen LogP contribution < -0.4 is 0 Å². The quantitative estimate of drug-likeness (QED) is 0.355. The molecule has 0 bridgehead atoms. The Morgan fingerprint density at radius 1 is 0.750 bits per heavy atom. The first-order valence-electron chi connectivity index (χ1n) is 12.6. The first-order chi connectivity index (χ1) is 13.8. The Kier molecular flexibility index (Phi) is 9.16. The molecule has 1 fully saturated rings. The summed E-state index contributed by atoms with van der Waals surface area (Å²) >= 11 is 0. The van der Waals surface area contributed by atoms with Gasteiger partial charge in [0.25, 0.3) is 0 Å². The van der Waals surface area contributed by atoms with Crippen molar-refractivity contribution in [1.29, 1.82) is 0 Å². The monoisotopic (exact) mass is 380 g/mol. The summed E-state index contributed by atoms with van der Waals surface area (Å²) in [5, 5.41) is 0. The number of allylic oxidation sites excluding steroid dienone is 2. The molecule has 1 atom stereocenters. The van der Waals surface area contributed by atoms with Gasteiger partial charge < -0.3 is 0 Å². The summed E-state index contributed by atoms with van der Waals surface area (Å²) in [5.74, 6) is 2.76. The molecule has 0 heterocycles. The SMILES string of the molecule is CCCCCCCCC1CCC(c2ccc(C3=CCC(CC)CC3)cc2)CC1. The Hall–Kier alpha value is -1.04. The van der Waals surface area contributed by atoms with E-state index >= 15 is 0 Å². The van der Waals surface area contributed by atoms with Gasteiger partial charge in [-0.1, -0.05) is 95.6 Å².